The van der Waals surface area contributed by atoms with Crippen LogP contribution in [0.2, 0.25) is 18.1 Å². The summed E-state index contributed by atoms with van der Waals surface area (Å²) in [6.07, 6.45) is -0.974. The molecule has 0 aliphatic heterocycles. The summed E-state index contributed by atoms with van der Waals surface area (Å²) in [6.45, 7) is 5.94. The van der Waals surface area contributed by atoms with Crippen LogP contribution < -0.4 is 4.74 Å². The number of hydrogen-bond acceptors (Lipinski definition) is 2. The van der Waals surface area contributed by atoms with Crippen molar-refractivity contribution >= 4 is 19.6 Å². The number of methoxy groups -OCH3 is 1. The maximum atomic E-state index is 13.7. The molecule has 21 heavy (non-hydrogen) atoms. The highest BCUT2D eigenvalue weighted by Gasteiger charge is 2.36. The lowest BCUT2D eigenvalue weighted by Gasteiger charge is -2.30. The van der Waals surface area contributed by atoms with Crippen molar-refractivity contribution in [2.24, 2.45) is 0 Å². The van der Waals surface area contributed by atoms with Gasteiger partial charge < -0.3 is 4.74 Å². The largest absolute Gasteiger partial charge is 0.496 e. The second-order valence-electron chi connectivity index (χ2n) is 5.05. The third-order valence-corrected chi connectivity index (χ3v) is 9.99. The summed E-state index contributed by atoms with van der Waals surface area (Å²) in [5.74, 6) is 0.407. The molecule has 0 aliphatic carbocycles. The predicted molar refractivity (Wildman–Crippen MR) is 84.7 cm³/mol. The first-order valence-corrected chi connectivity index (χ1v) is 9.81. The highest BCUT2D eigenvalue weighted by atomic mass is 28.3. The van der Waals surface area contributed by atoms with Gasteiger partial charge in [-0.2, -0.15) is 8.78 Å². The maximum absolute atomic E-state index is 13.7. The Kier molecular flexibility index (Phi) is 6.27. The van der Waals surface area contributed by atoms with Gasteiger partial charge in [0.05, 0.1) is 20.7 Å². The lowest BCUT2D eigenvalue weighted by molar-refractivity contribution is 0.112. The normalized spacial score (nSPS) is 11.1. The van der Waals surface area contributed by atoms with Crippen LogP contribution in [0.1, 0.15) is 36.7 Å². The van der Waals surface area contributed by atoms with Crippen LogP contribution >= 0.6 is 0 Å². The molecular weight excluding hydrogens is 290 g/mol. The number of ether oxygens (including phenoxy) is 1. The summed E-state index contributed by atoms with van der Waals surface area (Å²) in [5.41, 5.74) is 0.759. The lowest BCUT2D eigenvalue weighted by atomic mass is 10.1. The van der Waals surface area contributed by atoms with Crippen molar-refractivity contribution in [2.75, 3.05) is 7.11 Å². The molecule has 2 nitrogen and oxygen atoms in total. The molecule has 1 rings (SSSR count). The number of carbonyl (C=O) groups excluding carboxylic acids is 1. The molecule has 0 bridgehead atoms. The molecule has 0 heterocycles. The molecular formula is C16H22F2O2Si. The van der Waals surface area contributed by atoms with Crippen molar-refractivity contribution in [3.8, 4) is 5.75 Å². The molecule has 0 saturated carbocycles. The van der Waals surface area contributed by atoms with E-state index >= 15 is 0 Å². The van der Waals surface area contributed by atoms with E-state index in [2.05, 4.69) is 0 Å². The smallest absolute Gasteiger partial charge is 0.270 e. The van der Waals surface area contributed by atoms with Gasteiger partial charge >= 0.3 is 0 Å². The van der Waals surface area contributed by atoms with Crippen LogP contribution in [0.5, 0.6) is 5.75 Å². The molecule has 0 saturated heterocycles. The average Bonchev–Trinajstić information content (AvgIpc) is 2.51. The molecule has 0 unspecified atom stereocenters. The van der Waals surface area contributed by atoms with E-state index < -0.39 is 14.2 Å². The van der Waals surface area contributed by atoms with Gasteiger partial charge in [0.2, 0.25) is 0 Å². The standard InChI is InChI=1S/C16H22F2O2Si/c1-5-21(6-2,7-3)15(16(17)18)12-8-9-14(20-4)13(10-12)11-19/h8-11H,5-7H2,1-4H3. The fraction of sp³-hybridized carbons (Fsp3) is 0.438. The molecule has 0 amide bonds. The van der Waals surface area contributed by atoms with Gasteiger partial charge in [0.15, 0.2) is 6.29 Å². The van der Waals surface area contributed by atoms with Crippen molar-refractivity contribution in [2.45, 2.75) is 38.9 Å². The Morgan fingerprint density at radius 3 is 2.14 bits per heavy atom. The van der Waals surface area contributed by atoms with Crippen molar-refractivity contribution in [3.63, 3.8) is 0 Å². The van der Waals surface area contributed by atoms with Gasteiger partial charge in [0, 0.05) is 5.20 Å². The molecule has 0 N–H and O–H groups in total. The van der Waals surface area contributed by atoms with E-state index in [9.17, 15) is 13.6 Å². The van der Waals surface area contributed by atoms with Gasteiger partial charge in [-0.15, -0.1) is 0 Å². The van der Waals surface area contributed by atoms with Crippen LogP contribution in [-0.4, -0.2) is 21.5 Å². The Morgan fingerprint density at radius 2 is 1.76 bits per heavy atom. The molecule has 0 fully saturated rings. The van der Waals surface area contributed by atoms with Crippen LogP contribution in [0, 0.1) is 0 Å². The number of aldehydes is 1. The number of benzene rings is 1. The van der Waals surface area contributed by atoms with E-state index in [0.29, 0.717) is 23.2 Å². The van der Waals surface area contributed by atoms with E-state index in [4.69, 9.17) is 4.74 Å². The highest BCUT2D eigenvalue weighted by Crippen LogP contribution is 2.39. The second kappa shape index (κ2) is 7.50. The van der Waals surface area contributed by atoms with Gasteiger partial charge in [-0.25, -0.2) is 0 Å². The van der Waals surface area contributed by atoms with Crippen LogP contribution in [0.15, 0.2) is 24.3 Å². The Morgan fingerprint density at radius 1 is 1.19 bits per heavy atom. The molecule has 0 atom stereocenters. The Labute approximate surface area is 125 Å². The fourth-order valence-electron chi connectivity index (χ4n) is 2.88. The summed E-state index contributed by atoms with van der Waals surface area (Å²) in [5, 5.41) is 0.181. The average molecular weight is 312 g/mol. The minimum Gasteiger partial charge on any atom is -0.496 e. The van der Waals surface area contributed by atoms with E-state index in [-0.39, 0.29) is 5.20 Å². The summed E-state index contributed by atoms with van der Waals surface area (Å²) in [7, 11) is -0.785. The van der Waals surface area contributed by atoms with E-state index in [0.717, 1.165) is 18.1 Å². The molecule has 0 aromatic heterocycles. The first-order chi connectivity index (χ1) is 9.99. The SMILES string of the molecule is CC[Si](CC)(CC)C(=C(F)F)c1ccc(OC)c(C=O)c1. The molecule has 116 valence electrons. The fourth-order valence-corrected chi connectivity index (χ4v) is 6.61. The minimum absolute atomic E-state index is 0.181. The zero-order valence-electron chi connectivity index (χ0n) is 13.0. The van der Waals surface area contributed by atoms with E-state index in [1.54, 1.807) is 12.1 Å². The molecule has 0 spiro atoms. The maximum Gasteiger partial charge on any atom is 0.270 e. The van der Waals surface area contributed by atoms with E-state index in [1.807, 2.05) is 20.8 Å². The number of hydrogen-bond donors (Lipinski definition) is 0. The number of rotatable bonds is 7. The van der Waals surface area contributed by atoms with Crippen LogP contribution in [0.25, 0.3) is 5.20 Å². The minimum atomic E-state index is -2.24. The van der Waals surface area contributed by atoms with Crippen LogP contribution in [0.3, 0.4) is 0 Å². The highest BCUT2D eigenvalue weighted by molar-refractivity contribution is 6.96. The third-order valence-electron chi connectivity index (χ3n) is 4.39. The summed E-state index contributed by atoms with van der Waals surface area (Å²) in [6, 6.07) is 7.01. The zero-order valence-corrected chi connectivity index (χ0v) is 14.0. The first-order valence-electron chi connectivity index (χ1n) is 7.18. The topological polar surface area (TPSA) is 26.3 Å². The summed E-state index contributed by atoms with van der Waals surface area (Å²) in [4.78, 5) is 11.1. The van der Waals surface area contributed by atoms with Gasteiger partial charge in [0.1, 0.15) is 5.75 Å². The van der Waals surface area contributed by atoms with E-state index in [1.165, 1.54) is 13.2 Å². The summed E-state index contributed by atoms with van der Waals surface area (Å²) < 4.78 is 32.4. The Hall–Kier alpha value is -1.49. The van der Waals surface area contributed by atoms with Crippen LogP contribution in [0.4, 0.5) is 8.78 Å². The monoisotopic (exact) mass is 312 g/mol. The van der Waals surface area contributed by atoms with Crippen LogP contribution in [-0.2, 0) is 0 Å². The molecule has 0 radical (unpaired) electrons. The van der Waals surface area contributed by atoms with Gasteiger partial charge in [-0.05, 0) is 17.7 Å². The Bertz CT molecular complexity index is 525. The van der Waals surface area contributed by atoms with Crippen molar-refractivity contribution in [3.05, 3.63) is 35.4 Å². The molecule has 0 aliphatic rings. The van der Waals surface area contributed by atoms with Crippen molar-refractivity contribution < 1.29 is 18.3 Å². The Balaban J connectivity index is 3.51. The van der Waals surface area contributed by atoms with Gasteiger partial charge in [-0.3, -0.25) is 4.79 Å². The zero-order chi connectivity index (χ0) is 16.0. The molecule has 5 heteroatoms. The van der Waals surface area contributed by atoms with Crippen molar-refractivity contribution in [1.29, 1.82) is 0 Å². The van der Waals surface area contributed by atoms with Gasteiger partial charge in [-0.1, -0.05) is 45.0 Å². The summed E-state index contributed by atoms with van der Waals surface area (Å²) >= 11 is 0. The predicted octanol–water partition coefficient (Wildman–Crippen LogP) is 5.16. The number of halogens is 2. The number of carbonyl (C=O) groups is 1. The lowest BCUT2D eigenvalue weighted by Crippen LogP contribution is -2.34. The molecule has 1 aromatic carbocycles. The molecule has 1 aromatic rings. The second-order valence-corrected chi connectivity index (χ2v) is 10.2. The third kappa shape index (κ3) is 3.40. The quantitative estimate of drug-likeness (QED) is 0.513. The van der Waals surface area contributed by atoms with Crippen molar-refractivity contribution in [1.82, 2.24) is 0 Å². The van der Waals surface area contributed by atoms with Gasteiger partial charge in [0.25, 0.3) is 6.08 Å². The first kappa shape index (κ1) is 17.6.